The van der Waals surface area contributed by atoms with E-state index in [1.165, 1.54) is 32.1 Å². The Bertz CT molecular complexity index is 402. The molecule has 5 fully saturated rings. The molecular weight excluding hydrogens is 280 g/mol. The van der Waals surface area contributed by atoms with Crippen molar-refractivity contribution < 1.29 is 14.6 Å². The summed E-state index contributed by atoms with van der Waals surface area (Å²) in [6, 6.07) is -0.0893. The van der Waals surface area contributed by atoms with Gasteiger partial charge in [-0.1, -0.05) is 0 Å². The summed E-state index contributed by atoms with van der Waals surface area (Å²) in [5.74, 6) is 4.35. The van der Waals surface area contributed by atoms with E-state index >= 15 is 0 Å². The highest BCUT2D eigenvalue weighted by Gasteiger charge is 2.48. The summed E-state index contributed by atoms with van der Waals surface area (Å²) in [7, 11) is 0. The van der Waals surface area contributed by atoms with Gasteiger partial charge < -0.3 is 20.5 Å². The third kappa shape index (κ3) is 2.62. The molecule has 1 saturated heterocycles. The third-order valence-electron chi connectivity index (χ3n) is 6.70. The first-order valence-electron chi connectivity index (χ1n) is 8.88. The van der Waals surface area contributed by atoms with Crippen molar-refractivity contribution in [3.05, 3.63) is 0 Å². The molecule has 3 N–H and O–H groups in total. The highest BCUT2D eigenvalue weighted by Crippen LogP contribution is 2.56. The smallest absolute Gasteiger partial charge is 0.314 e. The number of rotatable bonds is 5. The molecule has 5 nitrogen and oxygen atoms in total. The Morgan fingerprint density at radius 1 is 1.05 bits per heavy atom. The third-order valence-corrected chi connectivity index (χ3v) is 6.70. The Morgan fingerprint density at radius 2 is 1.68 bits per heavy atom. The number of aliphatic hydroxyl groups is 1. The van der Waals surface area contributed by atoms with Crippen LogP contribution in [0.3, 0.4) is 0 Å². The molecule has 5 rings (SSSR count). The summed E-state index contributed by atoms with van der Waals surface area (Å²) in [4.78, 5) is 12.0. The Kier molecular flexibility index (Phi) is 3.81. The normalized spacial score (nSPS) is 41.0. The van der Waals surface area contributed by atoms with Crippen LogP contribution in [0.25, 0.3) is 0 Å². The number of carbonyl (C=O) groups excluding carboxylic acids is 1. The van der Waals surface area contributed by atoms with Crippen LogP contribution in [0.15, 0.2) is 0 Å². The zero-order valence-electron chi connectivity index (χ0n) is 13.2. The molecule has 4 saturated carbocycles. The van der Waals surface area contributed by atoms with Gasteiger partial charge in [-0.2, -0.15) is 0 Å². The number of urea groups is 1. The zero-order chi connectivity index (χ0) is 15.2. The van der Waals surface area contributed by atoms with E-state index in [9.17, 15) is 9.90 Å². The van der Waals surface area contributed by atoms with E-state index in [1.54, 1.807) is 0 Å². The fourth-order valence-corrected chi connectivity index (χ4v) is 5.55. The lowest BCUT2D eigenvalue weighted by atomic mass is 9.52. The van der Waals surface area contributed by atoms with Crippen molar-refractivity contribution in [1.29, 1.82) is 0 Å². The summed E-state index contributed by atoms with van der Waals surface area (Å²) in [5, 5.41) is 15.4. The first-order chi connectivity index (χ1) is 10.7. The fourth-order valence-electron chi connectivity index (χ4n) is 5.55. The average molecular weight is 308 g/mol. The van der Waals surface area contributed by atoms with E-state index in [-0.39, 0.29) is 18.1 Å². The predicted octanol–water partition coefficient (Wildman–Crippen LogP) is 1.37. The molecular formula is C17H28N2O3. The minimum Gasteiger partial charge on any atom is -0.396 e. The molecule has 1 aliphatic heterocycles. The first kappa shape index (κ1) is 14.8. The second-order valence-electron chi connectivity index (χ2n) is 8.31. The molecule has 5 heteroatoms. The number of carbonyl (C=O) groups is 1. The van der Waals surface area contributed by atoms with Gasteiger partial charge in [-0.15, -0.1) is 0 Å². The first-order valence-corrected chi connectivity index (χ1v) is 8.88. The van der Waals surface area contributed by atoms with Crippen molar-refractivity contribution in [2.45, 2.75) is 32.1 Å². The van der Waals surface area contributed by atoms with Gasteiger partial charge in [-0.05, 0) is 61.7 Å². The number of hydrogen-bond acceptors (Lipinski definition) is 3. The molecule has 0 radical (unpaired) electrons. The van der Waals surface area contributed by atoms with Gasteiger partial charge in [0, 0.05) is 13.1 Å². The molecule has 0 aromatic rings. The monoisotopic (exact) mass is 308 g/mol. The van der Waals surface area contributed by atoms with E-state index in [0.29, 0.717) is 25.7 Å². The molecule has 0 spiro atoms. The van der Waals surface area contributed by atoms with E-state index in [2.05, 4.69) is 10.6 Å². The fraction of sp³-hybridized carbons (Fsp3) is 0.941. The van der Waals surface area contributed by atoms with Gasteiger partial charge in [0.05, 0.1) is 25.2 Å². The number of hydrogen-bond donors (Lipinski definition) is 3. The van der Waals surface area contributed by atoms with Crippen LogP contribution in [0.5, 0.6) is 0 Å². The molecule has 0 atom stereocenters. The summed E-state index contributed by atoms with van der Waals surface area (Å²) in [5.41, 5.74) is -0.250. The van der Waals surface area contributed by atoms with Crippen LogP contribution in [0.4, 0.5) is 4.79 Å². The van der Waals surface area contributed by atoms with Crippen LogP contribution < -0.4 is 10.6 Å². The number of ether oxygens (including phenoxy) is 1. The maximum absolute atomic E-state index is 12.0. The molecule has 22 heavy (non-hydrogen) atoms. The molecule has 5 aliphatic rings. The van der Waals surface area contributed by atoms with Gasteiger partial charge in [-0.3, -0.25) is 0 Å². The Hall–Kier alpha value is -0.810. The van der Waals surface area contributed by atoms with Crippen LogP contribution >= 0.6 is 0 Å². The van der Waals surface area contributed by atoms with Gasteiger partial charge in [0.1, 0.15) is 0 Å². The van der Waals surface area contributed by atoms with Crippen LogP contribution in [0.1, 0.15) is 32.1 Å². The highest BCUT2D eigenvalue weighted by atomic mass is 16.5. The van der Waals surface area contributed by atoms with Crippen LogP contribution in [0, 0.1) is 35.0 Å². The molecule has 2 amide bonds. The van der Waals surface area contributed by atoms with Crippen molar-refractivity contribution in [1.82, 2.24) is 10.6 Å². The maximum Gasteiger partial charge on any atom is 0.314 e. The lowest BCUT2D eigenvalue weighted by molar-refractivity contribution is -0.132. The Morgan fingerprint density at radius 3 is 2.18 bits per heavy atom. The molecule has 0 aromatic heterocycles. The van der Waals surface area contributed by atoms with Gasteiger partial charge in [-0.25, -0.2) is 4.79 Å². The van der Waals surface area contributed by atoms with Crippen molar-refractivity contribution in [2.75, 3.05) is 32.9 Å². The van der Waals surface area contributed by atoms with Gasteiger partial charge in [0.2, 0.25) is 0 Å². The largest absolute Gasteiger partial charge is 0.396 e. The standard InChI is InChI=1S/C17H28N2O3/c20-8-17(9-22-10-17)7-19-16(21)18-6-15-13-2-11-1-12(4-13)5-14(15)3-11/h11-15,20H,1-10H2,(H2,18,19,21). The van der Waals surface area contributed by atoms with E-state index in [1.807, 2.05) is 0 Å². The topological polar surface area (TPSA) is 70.6 Å². The highest BCUT2D eigenvalue weighted by molar-refractivity contribution is 5.73. The summed E-state index contributed by atoms with van der Waals surface area (Å²) >= 11 is 0. The predicted molar refractivity (Wildman–Crippen MR) is 82.3 cm³/mol. The van der Waals surface area contributed by atoms with Crippen molar-refractivity contribution in [3.63, 3.8) is 0 Å². The van der Waals surface area contributed by atoms with Crippen molar-refractivity contribution >= 4 is 6.03 Å². The Labute approximate surface area is 132 Å². The second kappa shape index (κ2) is 5.68. The minimum atomic E-state index is -0.250. The summed E-state index contributed by atoms with van der Waals surface area (Å²) in [6.07, 6.45) is 7.05. The van der Waals surface area contributed by atoms with E-state index < -0.39 is 0 Å². The van der Waals surface area contributed by atoms with Gasteiger partial charge in [0.25, 0.3) is 0 Å². The van der Waals surface area contributed by atoms with E-state index in [4.69, 9.17) is 4.74 Å². The van der Waals surface area contributed by atoms with Crippen molar-refractivity contribution in [2.24, 2.45) is 35.0 Å². The molecule has 124 valence electrons. The van der Waals surface area contributed by atoms with Gasteiger partial charge >= 0.3 is 6.03 Å². The second-order valence-corrected chi connectivity index (χ2v) is 8.31. The summed E-state index contributed by atoms with van der Waals surface area (Å²) < 4.78 is 5.15. The van der Waals surface area contributed by atoms with Crippen LogP contribution in [-0.2, 0) is 4.74 Å². The number of amides is 2. The molecule has 4 bridgehead atoms. The maximum atomic E-state index is 12.0. The van der Waals surface area contributed by atoms with E-state index in [0.717, 1.165) is 30.2 Å². The van der Waals surface area contributed by atoms with Crippen LogP contribution in [0.2, 0.25) is 0 Å². The van der Waals surface area contributed by atoms with Gasteiger partial charge in [0.15, 0.2) is 0 Å². The number of aliphatic hydroxyl groups excluding tert-OH is 1. The quantitative estimate of drug-likeness (QED) is 0.718. The molecule has 0 unspecified atom stereocenters. The Balaban J connectivity index is 1.24. The average Bonchev–Trinajstić information content (AvgIpc) is 2.45. The number of nitrogens with one attached hydrogen (secondary N) is 2. The molecule has 0 aromatic carbocycles. The zero-order valence-corrected chi connectivity index (χ0v) is 13.2. The molecule has 4 aliphatic carbocycles. The summed E-state index contributed by atoms with van der Waals surface area (Å²) in [6.45, 7) is 2.47. The SMILES string of the molecule is O=C(NCC1C2CC3CC(C2)CC1C3)NCC1(CO)COC1. The lowest BCUT2D eigenvalue weighted by Crippen LogP contribution is -2.55. The van der Waals surface area contributed by atoms with Crippen LogP contribution in [-0.4, -0.2) is 44.0 Å². The lowest BCUT2D eigenvalue weighted by Gasteiger charge is -2.54. The minimum absolute atomic E-state index is 0.0723. The van der Waals surface area contributed by atoms with Crippen molar-refractivity contribution in [3.8, 4) is 0 Å². The molecule has 1 heterocycles.